The van der Waals surface area contributed by atoms with Gasteiger partial charge in [0, 0.05) is 38.6 Å². The fourth-order valence-electron chi connectivity index (χ4n) is 1.85. The molecule has 1 atom stereocenters. The normalized spacial score (nSPS) is 12.2. The molecule has 0 fully saturated rings. The summed E-state index contributed by atoms with van der Waals surface area (Å²) in [6, 6.07) is 11.8. The van der Waals surface area contributed by atoms with Gasteiger partial charge < -0.3 is 10.0 Å². The number of pyridine rings is 1. The Labute approximate surface area is 108 Å². The van der Waals surface area contributed by atoms with Crippen molar-refractivity contribution in [1.29, 1.82) is 0 Å². The topological polar surface area (TPSA) is 36.4 Å². The lowest BCUT2D eigenvalue weighted by atomic mass is 10.0. The van der Waals surface area contributed by atoms with Crippen molar-refractivity contribution < 1.29 is 5.11 Å². The number of benzene rings is 1. The van der Waals surface area contributed by atoms with Gasteiger partial charge in [-0.05, 0) is 35.4 Å². The molecule has 0 saturated heterocycles. The van der Waals surface area contributed by atoms with E-state index in [0.29, 0.717) is 6.42 Å². The molecule has 0 aliphatic carbocycles. The predicted octanol–water partition coefficient (Wildman–Crippen LogP) is 2.42. The van der Waals surface area contributed by atoms with Crippen LogP contribution in [0.3, 0.4) is 0 Å². The lowest BCUT2D eigenvalue weighted by Gasteiger charge is -2.15. The number of aliphatic hydroxyl groups excluding tert-OH is 1. The minimum Gasteiger partial charge on any atom is -0.388 e. The number of anilines is 1. The van der Waals surface area contributed by atoms with Crippen LogP contribution in [-0.4, -0.2) is 24.2 Å². The van der Waals surface area contributed by atoms with E-state index in [9.17, 15) is 5.11 Å². The van der Waals surface area contributed by atoms with Crippen LogP contribution >= 0.6 is 0 Å². The van der Waals surface area contributed by atoms with Crippen molar-refractivity contribution in [2.24, 2.45) is 0 Å². The quantitative estimate of drug-likeness (QED) is 0.894. The van der Waals surface area contributed by atoms with Crippen LogP contribution < -0.4 is 4.90 Å². The standard InChI is InChI=1S/C15H18N2O/c1-17(2)14-5-3-13(4-6-14)15(18)11-12-7-9-16-10-8-12/h3-10,15,18H,11H2,1-2H3. The Bertz CT molecular complexity index is 480. The summed E-state index contributed by atoms with van der Waals surface area (Å²) < 4.78 is 0. The molecule has 2 rings (SSSR count). The molecule has 1 unspecified atom stereocenters. The summed E-state index contributed by atoms with van der Waals surface area (Å²) in [6.07, 6.45) is 3.64. The Morgan fingerprint density at radius 2 is 1.67 bits per heavy atom. The SMILES string of the molecule is CN(C)c1ccc(C(O)Cc2ccncc2)cc1. The van der Waals surface area contributed by atoms with Crippen molar-refractivity contribution in [3.63, 3.8) is 0 Å². The number of rotatable bonds is 4. The Hall–Kier alpha value is -1.87. The number of aromatic nitrogens is 1. The van der Waals surface area contributed by atoms with E-state index in [2.05, 4.69) is 4.98 Å². The van der Waals surface area contributed by atoms with Crippen LogP contribution in [0, 0.1) is 0 Å². The van der Waals surface area contributed by atoms with Crippen molar-refractivity contribution in [3.05, 3.63) is 59.9 Å². The Balaban J connectivity index is 2.07. The van der Waals surface area contributed by atoms with Gasteiger partial charge in [0.2, 0.25) is 0 Å². The highest BCUT2D eigenvalue weighted by Crippen LogP contribution is 2.20. The highest BCUT2D eigenvalue weighted by molar-refractivity contribution is 5.46. The molecule has 0 aliphatic rings. The summed E-state index contributed by atoms with van der Waals surface area (Å²) in [5.41, 5.74) is 3.17. The Morgan fingerprint density at radius 1 is 1.06 bits per heavy atom. The van der Waals surface area contributed by atoms with Crippen LogP contribution in [0.1, 0.15) is 17.2 Å². The summed E-state index contributed by atoms with van der Waals surface area (Å²) in [5.74, 6) is 0. The molecule has 3 nitrogen and oxygen atoms in total. The van der Waals surface area contributed by atoms with Crippen molar-refractivity contribution in [3.8, 4) is 0 Å². The average molecular weight is 242 g/mol. The van der Waals surface area contributed by atoms with E-state index in [1.54, 1.807) is 12.4 Å². The first-order valence-electron chi connectivity index (χ1n) is 6.01. The fraction of sp³-hybridized carbons (Fsp3) is 0.267. The maximum Gasteiger partial charge on any atom is 0.0830 e. The van der Waals surface area contributed by atoms with E-state index in [1.165, 1.54) is 0 Å². The summed E-state index contributed by atoms with van der Waals surface area (Å²) in [4.78, 5) is 6.01. The van der Waals surface area contributed by atoms with E-state index in [0.717, 1.165) is 16.8 Å². The first-order chi connectivity index (χ1) is 8.66. The number of aliphatic hydroxyl groups is 1. The van der Waals surface area contributed by atoms with Crippen molar-refractivity contribution in [1.82, 2.24) is 4.98 Å². The van der Waals surface area contributed by atoms with Gasteiger partial charge in [0.25, 0.3) is 0 Å². The molecular weight excluding hydrogens is 224 g/mol. The van der Waals surface area contributed by atoms with Gasteiger partial charge >= 0.3 is 0 Å². The molecule has 94 valence electrons. The molecule has 18 heavy (non-hydrogen) atoms. The molecule has 1 aromatic carbocycles. The number of nitrogens with zero attached hydrogens (tertiary/aromatic N) is 2. The van der Waals surface area contributed by atoms with Crippen LogP contribution in [-0.2, 0) is 6.42 Å². The lowest BCUT2D eigenvalue weighted by Crippen LogP contribution is -2.09. The van der Waals surface area contributed by atoms with Crippen molar-refractivity contribution in [2.45, 2.75) is 12.5 Å². The average Bonchev–Trinajstić information content (AvgIpc) is 2.40. The third-order valence-electron chi connectivity index (χ3n) is 2.97. The minimum absolute atomic E-state index is 0.469. The first-order valence-corrected chi connectivity index (χ1v) is 6.01. The van der Waals surface area contributed by atoms with Crippen LogP contribution in [0.15, 0.2) is 48.8 Å². The zero-order valence-electron chi connectivity index (χ0n) is 10.7. The molecule has 1 heterocycles. The van der Waals surface area contributed by atoms with E-state index in [-0.39, 0.29) is 0 Å². The van der Waals surface area contributed by atoms with Gasteiger partial charge in [-0.25, -0.2) is 0 Å². The zero-order chi connectivity index (χ0) is 13.0. The Kier molecular flexibility index (Phi) is 3.95. The first kappa shape index (κ1) is 12.6. The molecule has 0 aliphatic heterocycles. The second-order valence-electron chi connectivity index (χ2n) is 4.56. The van der Waals surface area contributed by atoms with Gasteiger partial charge in [-0.1, -0.05) is 12.1 Å². The predicted molar refractivity (Wildman–Crippen MR) is 73.7 cm³/mol. The molecule has 0 spiro atoms. The van der Waals surface area contributed by atoms with E-state index >= 15 is 0 Å². The molecule has 1 aromatic heterocycles. The zero-order valence-corrected chi connectivity index (χ0v) is 10.7. The summed E-state index contributed by atoms with van der Waals surface area (Å²) in [5, 5.41) is 10.2. The van der Waals surface area contributed by atoms with Gasteiger partial charge in [-0.3, -0.25) is 4.98 Å². The fourth-order valence-corrected chi connectivity index (χ4v) is 1.85. The molecule has 0 radical (unpaired) electrons. The van der Waals surface area contributed by atoms with Crippen molar-refractivity contribution >= 4 is 5.69 Å². The van der Waals surface area contributed by atoms with Crippen molar-refractivity contribution in [2.75, 3.05) is 19.0 Å². The van der Waals surface area contributed by atoms with Gasteiger partial charge in [0.15, 0.2) is 0 Å². The molecule has 2 aromatic rings. The lowest BCUT2D eigenvalue weighted by molar-refractivity contribution is 0.178. The van der Waals surface area contributed by atoms with Crippen LogP contribution in [0.5, 0.6) is 0 Å². The monoisotopic (exact) mass is 242 g/mol. The molecule has 1 N–H and O–H groups in total. The number of hydrogen-bond donors (Lipinski definition) is 1. The molecule has 0 saturated carbocycles. The van der Waals surface area contributed by atoms with Gasteiger partial charge in [-0.2, -0.15) is 0 Å². The third kappa shape index (κ3) is 3.08. The van der Waals surface area contributed by atoms with Gasteiger partial charge in [-0.15, -0.1) is 0 Å². The maximum atomic E-state index is 10.2. The largest absolute Gasteiger partial charge is 0.388 e. The highest BCUT2D eigenvalue weighted by Gasteiger charge is 2.08. The summed E-state index contributed by atoms with van der Waals surface area (Å²) in [6.45, 7) is 0. The summed E-state index contributed by atoms with van der Waals surface area (Å²) in [7, 11) is 4.00. The van der Waals surface area contributed by atoms with Crippen LogP contribution in [0.4, 0.5) is 5.69 Å². The van der Waals surface area contributed by atoms with Gasteiger partial charge in [0.1, 0.15) is 0 Å². The number of hydrogen-bond acceptors (Lipinski definition) is 3. The molecule has 3 heteroatoms. The molecular formula is C15H18N2O. The third-order valence-corrected chi connectivity index (χ3v) is 2.97. The van der Waals surface area contributed by atoms with Crippen LogP contribution in [0.2, 0.25) is 0 Å². The maximum absolute atomic E-state index is 10.2. The van der Waals surface area contributed by atoms with E-state index < -0.39 is 6.10 Å². The van der Waals surface area contributed by atoms with E-state index in [1.807, 2.05) is 55.4 Å². The molecule has 0 amide bonds. The smallest absolute Gasteiger partial charge is 0.0830 e. The van der Waals surface area contributed by atoms with Crippen LogP contribution in [0.25, 0.3) is 0 Å². The second kappa shape index (κ2) is 5.65. The summed E-state index contributed by atoms with van der Waals surface area (Å²) >= 11 is 0. The second-order valence-corrected chi connectivity index (χ2v) is 4.56. The molecule has 0 bridgehead atoms. The Morgan fingerprint density at radius 3 is 2.22 bits per heavy atom. The minimum atomic E-state index is -0.469. The highest BCUT2D eigenvalue weighted by atomic mass is 16.3. The van der Waals surface area contributed by atoms with E-state index in [4.69, 9.17) is 0 Å². The van der Waals surface area contributed by atoms with Gasteiger partial charge in [0.05, 0.1) is 6.10 Å².